The number of nitrogen functional groups attached to an aromatic ring is 1. The first-order valence-electron chi connectivity index (χ1n) is 6.20. The number of nitrogens with one attached hydrogen (secondary N) is 1. The molecule has 0 aromatic heterocycles. The zero-order valence-corrected chi connectivity index (χ0v) is 14.5. The first-order valence-corrected chi connectivity index (χ1v) is 7.79. The van der Waals surface area contributed by atoms with Crippen LogP contribution in [-0.4, -0.2) is 12.5 Å². The van der Waals surface area contributed by atoms with Crippen LogP contribution in [0.3, 0.4) is 0 Å². The lowest BCUT2D eigenvalue weighted by molar-refractivity contribution is -0.118. The van der Waals surface area contributed by atoms with Crippen molar-refractivity contribution in [1.29, 1.82) is 0 Å². The maximum Gasteiger partial charge on any atom is 0.262 e. The van der Waals surface area contributed by atoms with Crippen molar-refractivity contribution in [2.45, 2.75) is 6.92 Å². The summed E-state index contributed by atoms with van der Waals surface area (Å²) in [4.78, 5) is 12.0. The maximum atomic E-state index is 12.0. The minimum absolute atomic E-state index is 0.110. The van der Waals surface area contributed by atoms with E-state index in [1.807, 2.05) is 25.1 Å². The van der Waals surface area contributed by atoms with Crippen molar-refractivity contribution in [1.82, 2.24) is 0 Å². The highest BCUT2D eigenvalue weighted by Crippen LogP contribution is 2.32. The highest BCUT2D eigenvalue weighted by Gasteiger charge is 2.11. The molecule has 2 aromatic carbocycles. The van der Waals surface area contributed by atoms with Crippen LogP contribution in [-0.2, 0) is 4.79 Å². The molecule has 4 nitrogen and oxygen atoms in total. The molecule has 0 aliphatic rings. The second kappa shape index (κ2) is 6.95. The van der Waals surface area contributed by atoms with Crippen LogP contribution in [0.4, 0.5) is 11.4 Å². The van der Waals surface area contributed by atoms with Crippen molar-refractivity contribution in [2.75, 3.05) is 17.7 Å². The molecule has 2 aromatic rings. The minimum Gasteiger partial charge on any atom is -0.482 e. The third-order valence-corrected chi connectivity index (χ3v) is 3.98. The number of hydrogen-bond donors (Lipinski definition) is 2. The number of hydrogen-bond acceptors (Lipinski definition) is 3. The number of benzene rings is 2. The minimum atomic E-state index is -0.261. The van der Waals surface area contributed by atoms with Crippen molar-refractivity contribution < 1.29 is 9.53 Å². The van der Waals surface area contributed by atoms with Crippen LogP contribution in [0.5, 0.6) is 5.75 Å². The van der Waals surface area contributed by atoms with E-state index in [0.29, 0.717) is 17.1 Å². The second-order valence-electron chi connectivity index (χ2n) is 4.48. The Morgan fingerprint density at radius 3 is 2.48 bits per heavy atom. The summed E-state index contributed by atoms with van der Waals surface area (Å²) in [7, 11) is 0. The van der Waals surface area contributed by atoms with E-state index >= 15 is 0 Å². The normalized spacial score (nSPS) is 10.2. The van der Waals surface area contributed by atoms with Crippen LogP contribution in [0.1, 0.15) is 5.56 Å². The number of carbonyl (C=O) groups excluding carboxylic acids is 1. The summed E-state index contributed by atoms with van der Waals surface area (Å²) in [5, 5.41) is 2.80. The Morgan fingerprint density at radius 2 is 1.86 bits per heavy atom. The van der Waals surface area contributed by atoms with E-state index in [-0.39, 0.29) is 12.5 Å². The average molecular weight is 414 g/mol. The van der Waals surface area contributed by atoms with Gasteiger partial charge >= 0.3 is 0 Å². The number of amides is 1. The molecule has 0 unspecified atom stereocenters. The summed E-state index contributed by atoms with van der Waals surface area (Å²) < 4.78 is 7.02. The Bertz CT molecular complexity index is 651. The predicted molar refractivity (Wildman–Crippen MR) is 91.6 cm³/mol. The maximum absolute atomic E-state index is 12.0. The number of ether oxygens (including phenoxy) is 1. The van der Waals surface area contributed by atoms with Crippen molar-refractivity contribution in [2.24, 2.45) is 0 Å². The molecule has 110 valence electrons. The molecule has 0 aliphatic heterocycles. The molecule has 3 N–H and O–H groups in total. The van der Waals surface area contributed by atoms with E-state index in [0.717, 1.165) is 14.5 Å². The summed E-state index contributed by atoms with van der Waals surface area (Å²) in [6.07, 6.45) is 0. The Labute approximate surface area is 139 Å². The quantitative estimate of drug-likeness (QED) is 0.741. The number of aryl methyl sites for hydroxylation is 1. The SMILES string of the molecule is Cc1cc(Br)c(NC(=O)COc2ccccc2N)c(Br)c1. The topological polar surface area (TPSA) is 64.3 Å². The molecule has 2 rings (SSSR count). The Balaban J connectivity index is 2.01. The van der Waals surface area contributed by atoms with Crippen LogP contribution in [0.2, 0.25) is 0 Å². The molecule has 1 amide bonds. The van der Waals surface area contributed by atoms with Crippen molar-refractivity contribution >= 4 is 49.1 Å². The number of carbonyl (C=O) groups is 1. The standard InChI is InChI=1S/C15H14Br2N2O2/c1-9-6-10(16)15(11(17)7-9)19-14(20)8-21-13-5-3-2-4-12(13)18/h2-7H,8,18H2,1H3,(H,19,20). The van der Waals surface area contributed by atoms with E-state index in [1.165, 1.54) is 0 Å². The molecule has 0 atom stereocenters. The van der Waals surface area contributed by atoms with Crippen LogP contribution in [0, 0.1) is 6.92 Å². The van der Waals surface area contributed by atoms with Gasteiger partial charge in [-0.25, -0.2) is 0 Å². The number of anilines is 2. The molecule has 6 heteroatoms. The molecule has 0 fully saturated rings. The van der Waals surface area contributed by atoms with Crippen molar-refractivity contribution in [3.63, 3.8) is 0 Å². The molecule has 21 heavy (non-hydrogen) atoms. The van der Waals surface area contributed by atoms with E-state index in [2.05, 4.69) is 37.2 Å². The van der Waals surface area contributed by atoms with Gasteiger partial charge in [0.2, 0.25) is 0 Å². The van der Waals surface area contributed by atoms with Crippen molar-refractivity contribution in [3.8, 4) is 5.75 Å². The van der Waals surface area contributed by atoms with E-state index in [9.17, 15) is 4.79 Å². The Hall–Kier alpha value is -1.53. The highest BCUT2D eigenvalue weighted by atomic mass is 79.9. The zero-order valence-electron chi connectivity index (χ0n) is 11.3. The molecular weight excluding hydrogens is 400 g/mol. The van der Waals surface area contributed by atoms with Gasteiger partial charge < -0.3 is 15.8 Å². The number of rotatable bonds is 4. The van der Waals surface area contributed by atoms with Gasteiger partial charge in [-0.3, -0.25) is 4.79 Å². The number of para-hydroxylation sites is 2. The lowest BCUT2D eigenvalue weighted by Crippen LogP contribution is -2.21. The van der Waals surface area contributed by atoms with Gasteiger partial charge in [-0.2, -0.15) is 0 Å². The van der Waals surface area contributed by atoms with Crippen LogP contribution < -0.4 is 15.8 Å². The van der Waals surface area contributed by atoms with E-state index in [4.69, 9.17) is 10.5 Å². The average Bonchev–Trinajstić information content (AvgIpc) is 2.42. The summed E-state index contributed by atoms with van der Waals surface area (Å²) in [6.45, 7) is 1.86. The van der Waals surface area contributed by atoms with E-state index in [1.54, 1.807) is 18.2 Å². The third kappa shape index (κ3) is 4.22. The van der Waals surface area contributed by atoms with Gasteiger partial charge in [0.15, 0.2) is 6.61 Å². The predicted octanol–water partition coefficient (Wildman–Crippen LogP) is 4.12. The summed E-state index contributed by atoms with van der Waals surface area (Å²) >= 11 is 6.86. The molecule has 0 radical (unpaired) electrons. The lowest BCUT2D eigenvalue weighted by atomic mass is 10.2. The lowest BCUT2D eigenvalue weighted by Gasteiger charge is -2.12. The van der Waals surface area contributed by atoms with Crippen LogP contribution in [0.25, 0.3) is 0 Å². The monoisotopic (exact) mass is 412 g/mol. The molecular formula is C15H14Br2N2O2. The summed E-state index contributed by atoms with van der Waals surface area (Å²) in [6, 6.07) is 10.9. The van der Waals surface area contributed by atoms with Crippen LogP contribution in [0.15, 0.2) is 45.3 Å². The fraction of sp³-hybridized carbons (Fsp3) is 0.133. The highest BCUT2D eigenvalue weighted by molar-refractivity contribution is 9.11. The van der Waals surface area contributed by atoms with Crippen LogP contribution >= 0.6 is 31.9 Å². The summed E-state index contributed by atoms with van der Waals surface area (Å²) in [5.41, 5.74) is 8.01. The van der Waals surface area contributed by atoms with Gasteiger partial charge in [0.1, 0.15) is 5.75 Å². The van der Waals surface area contributed by atoms with Gasteiger partial charge in [-0.1, -0.05) is 12.1 Å². The molecule has 0 bridgehead atoms. The fourth-order valence-electron chi connectivity index (χ4n) is 1.75. The first kappa shape index (κ1) is 15.9. The number of nitrogens with two attached hydrogens (primary N) is 1. The Kier molecular flexibility index (Phi) is 5.25. The van der Waals surface area contributed by atoms with Gasteiger partial charge in [0, 0.05) is 8.95 Å². The largest absolute Gasteiger partial charge is 0.482 e. The van der Waals surface area contributed by atoms with Gasteiger partial charge in [-0.05, 0) is 68.6 Å². The van der Waals surface area contributed by atoms with Gasteiger partial charge in [0.25, 0.3) is 5.91 Å². The smallest absolute Gasteiger partial charge is 0.262 e. The fourth-order valence-corrected chi connectivity index (χ4v) is 3.36. The zero-order chi connectivity index (χ0) is 15.4. The third-order valence-electron chi connectivity index (χ3n) is 2.73. The molecule has 0 aliphatic carbocycles. The molecule has 0 saturated heterocycles. The Morgan fingerprint density at radius 1 is 1.24 bits per heavy atom. The van der Waals surface area contributed by atoms with E-state index < -0.39 is 0 Å². The van der Waals surface area contributed by atoms with Gasteiger partial charge in [0.05, 0.1) is 11.4 Å². The molecule has 0 saturated carbocycles. The second-order valence-corrected chi connectivity index (χ2v) is 6.19. The first-order chi connectivity index (χ1) is 9.97. The van der Waals surface area contributed by atoms with Crippen molar-refractivity contribution in [3.05, 3.63) is 50.9 Å². The number of halogens is 2. The molecule has 0 heterocycles. The van der Waals surface area contributed by atoms with Gasteiger partial charge in [-0.15, -0.1) is 0 Å². The molecule has 0 spiro atoms. The summed E-state index contributed by atoms with van der Waals surface area (Å²) in [5.74, 6) is 0.234.